The molecule has 0 atom stereocenters. The van der Waals surface area contributed by atoms with Crippen molar-refractivity contribution in [1.29, 1.82) is 10.7 Å². The van der Waals surface area contributed by atoms with Crippen LogP contribution in [-0.2, 0) is 12.8 Å². The minimum Gasteiger partial charge on any atom is -0.308 e. The van der Waals surface area contributed by atoms with Crippen LogP contribution in [0.4, 0.5) is 0 Å². The Morgan fingerprint density at radius 1 is 1.33 bits per heavy atom. The third kappa shape index (κ3) is 2.95. The van der Waals surface area contributed by atoms with Crippen LogP contribution < -0.4 is 0 Å². The van der Waals surface area contributed by atoms with Crippen molar-refractivity contribution in [3.63, 3.8) is 0 Å². The average Bonchev–Trinajstić information content (AvgIpc) is 2.94. The predicted molar refractivity (Wildman–Crippen MR) is 104 cm³/mol. The van der Waals surface area contributed by atoms with Gasteiger partial charge in [-0.25, -0.2) is 0 Å². The Bertz CT molecular complexity index is 919. The van der Waals surface area contributed by atoms with Crippen LogP contribution in [0.5, 0.6) is 0 Å². The van der Waals surface area contributed by atoms with Crippen molar-refractivity contribution in [2.75, 3.05) is 0 Å². The van der Waals surface area contributed by atoms with Gasteiger partial charge in [-0.3, -0.25) is 4.79 Å². The predicted octanol–water partition coefficient (Wildman–Crippen LogP) is 4.55. The lowest BCUT2D eigenvalue weighted by atomic mass is 9.91. The van der Waals surface area contributed by atoms with Crippen LogP contribution in [0, 0.1) is 16.7 Å². The Kier molecular flexibility index (Phi) is 4.95. The molecular formula is C18H14N2OS3. The number of carbonyl (C=O) groups excluding carboxylic acids is 1. The van der Waals surface area contributed by atoms with Crippen molar-refractivity contribution in [2.24, 2.45) is 0 Å². The highest BCUT2D eigenvalue weighted by atomic mass is 32.1. The summed E-state index contributed by atoms with van der Waals surface area (Å²) in [5.41, 5.74) is 4.52. The summed E-state index contributed by atoms with van der Waals surface area (Å²) in [7, 11) is 0. The van der Waals surface area contributed by atoms with E-state index in [1.165, 1.54) is 17.6 Å². The van der Waals surface area contributed by atoms with E-state index in [0.717, 1.165) is 56.1 Å². The number of nitrogens with one attached hydrogen (secondary N) is 1. The molecule has 6 heteroatoms. The minimum absolute atomic E-state index is 0.546. The molecule has 0 spiro atoms. The first-order valence-electron chi connectivity index (χ1n) is 7.33. The van der Waals surface area contributed by atoms with Gasteiger partial charge in [0.05, 0.1) is 10.4 Å². The van der Waals surface area contributed by atoms with Gasteiger partial charge in [0.2, 0.25) is 0 Å². The quantitative estimate of drug-likeness (QED) is 0.420. The largest absolute Gasteiger partial charge is 0.308 e. The monoisotopic (exact) mass is 370 g/mol. The number of rotatable bonds is 4. The number of thiol groups is 2. The molecule has 2 aromatic rings. The second-order valence-corrected chi connectivity index (χ2v) is 7.58. The summed E-state index contributed by atoms with van der Waals surface area (Å²) < 4.78 is 0. The number of nitriles is 1. The van der Waals surface area contributed by atoms with Gasteiger partial charge in [0, 0.05) is 32.9 Å². The van der Waals surface area contributed by atoms with Gasteiger partial charge in [0.25, 0.3) is 0 Å². The van der Waals surface area contributed by atoms with E-state index in [0.29, 0.717) is 16.9 Å². The van der Waals surface area contributed by atoms with E-state index < -0.39 is 0 Å². The van der Waals surface area contributed by atoms with Gasteiger partial charge < -0.3 is 5.41 Å². The summed E-state index contributed by atoms with van der Waals surface area (Å²) in [6.45, 7) is 0. The second kappa shape index (κ2) is 6.98. The molecule has 1 heterocycles. The van der Waals surface area contributed by atoms with Crippen molar-refractivity contribution >= 4 is 54.0 Å². The highest BCUT2D eigenvalue weighted by Crippen LogP contribution is 2.42. The molecular weight excluding hydrogens is 356 g/mol. The number of thiophene rings is 1. The van der Waals surface area contributed by atoms with E-state index in [-0.39, 0.29) is 0 Å². The number of allylic oxidation sites excluding steroid dienone is 1. The molecule has 0 bridgehead atoms. The number of hydrogen-bond donors (Lipinski definition) is 3. The van der Waals surface area contributed by atoms with E-state index in [9.17, 15) is 4.79 Å². The highest BCUT2D eigenvalue weighted by Gasteiger charge is 2.24. The second-order valence-electron chi connectivity index (χ2n) is 5.52. The van der Waals surface area contributed by atoms with Gasteiger partial charge in [-0.15, -0.1) is 36.6 Å². The maximum absolute atomic E-state index is 11.4. The van der Waals surface area contributed by atoms with E-state index in [4.69, 9.17) is 10.7 Å². The summed E-state index contributed by atoms with van der Waals surface area (Å²) in [6.07, 6.45) is 4.41. The van der Waals surface area contributed by atoms with Crippen molar-refractivity contribution in [2.45, 2.75) is 24.2 Å². The first kappa shape index (κ1) is 17.0. The number of fused-ring (bicyclic) bond motifs is 1. The maximum Gasteiger partial charge on any atom is 0.160 e. The van der Waals surface area contributed by atoms with E-state index in [2.05, 4.69) is 31.3 Å². The summed E-state index contributed by atoms with van der Waals surface area (Å²) in [6, 6.07) is 7.66. The van der Waals surface area contributed by atoms with Gasteiger partial charge in [-0.2, -0.15) is 5.26 Å². The molecule has 24 heavy (non-hydrogen) atoms. The van der Waals surface area contributed by atoms with Gasteiger partial charge in [0.1, 0.15) is 6.07 Å². The van der Waals surface area contributed by atoms with Crippen molar-refractivity contribution in [3.8, 4) is 6.07 Å². The first-order chi connectivity index (χ1) is 11.6. The molecule has 0 saturated carbocycles. The van der Waals surface area contributed by atoms with Crippen LogP contribution in [0.1, 0.15) is 43.2 Å². The lowest BCUT2D eigenvalue weighted by molar-refractivity contribution is 0.112. The topological polar surface area (TPSA) is 64.7 Å². The zero-order valence-corrected chi connectivity index (χ0v) is 15.3. The molecule has 1 aromatic heterocycles. The fourth-order valence-electron chi connectivity index (χ4n) is 2.93. The molecule has 1 aromatic carbocycles. The Balaban J connectivity index is 2.07. The van der Waals surface area contributed by atoms with Crippen LogP contribution in [0.25, 0.3) is 4.91 Å². The molecule has 0 saturated heterocycles. The lowest BCUT2D eigenvalue weighted by Crippen LogP contribution is -2.04. The maximum atomic E-state index is 11.4. The van der Waals surface area contributed by atoms with Gasteiger partial charge in [-0.05, 0) is 41.7 Å². The first-order valence-corrected chi connectivity index (χ1v) is 9.04. The number of benzene rings is 1. The molecule has 120 valence electrons. The van der Waals surface area contributed by atoms with Crippen LogP contribution >= 0.6 is 36.6 Å². The third-order valence-corrected chi connectivity index (χ3v) is 6.16. The van der Waals surface area contributed by atoms with Crippen LogP contribution in [0.3, 0.4) is 0 Å². The fraction of sp³-hybridized carbons (Fsp3) is 0.167. The molecule has 3 rings (SSSR count). The van der Waals surface area contributed by atoms with E-state index >= 15 is 0 Å². The van der Waals surface area contributed by atoms with Crippen LogP contribution in [-0.4, -0.2) is 12.5 Å². The van der Waals surface area contributed by atoms with Crippen LogP contribution in [0.2, 0.25) is 0 Å². The van der Waals surface area contributed by atoms with Crippen LogP contribution in [0.15, 0.2) is 28.7 Å². The van der Waals surface area contributed by atoms with E-state index in [1.54, 1.807) is 6.07 Å². The number of hydrogen-bond acceptors (Lipinski definition) is 6. The summed E-state index contributed by atoms with van der Waals surface area (Å²) in [5, 5.41) is 16.6. The number of nitrogens with zero attached hydrogens (tertiary/aromatic N) is 1. The summed E-state index contributed by atoms with van der Waals surface area (Å²) in [4.78, 5) is 14.7. The van der Waals surface area contributed by atoms with Crippen molar-refractivity contribution in [1.82, 2.24) is 0 Å². The molecule has 0 radical (unpaired) electrons. The lowest BCUT2D eigenvalue weighted by Gasteiger charge is -2.17. The fourth-order valence-corrected chi connectivity index (χ4v) is 4.95. The molecule has 3 nitrogen and oxygen atoms in total. The normalized spacial score (nSPS) is 13.4. The Morgan fingerprint density at radius 2 is 2.12 bits per heavy atom. The minimum atomic E-state index is 0.546. The molecule has 0 unspecified atom stereocenters. The third-order valence-electron chi connectivity index (χ3n) is 4.13. The highest BCUT2D eigenvalue weighted by molar-refractivity contribution is 7.90. The Morgan fingerprint density at radius 3 is 2.75 bits per heavy atom. The molecule has 0 aliphatic heterocycles. The molecule has 1 aliphatic carbocycles. The zero-order valence-electron chi connectivity index (χ0n) is 12.7. The van der Waals surface area contributed by atoms with Gasteiger partial charge in [0.15, 0.2) is 6.29 Å². The molecule has 0 amide bonds. The Labute approximate surface area is 155 Å². The zero-order chi connectivity index (χ0) is 17.3. The van der Waals surface area contributed by atoms with Crippen molar-refractivity contribution < 1.29 is 4.79 Å². The average molecular weight is 371 g/mol. The number of carbonyl (C=O) groups is 1. The number of aldehydes is 1. The molecule has 1 aliphatic rings. The molecule has 1 N–H and O–H groups in total. The summed E-state index contributed by atoms with van der Waals surface area (Å²) >= 11 is 10.5. The summed E-state index contributed by atoms with van der Waals surface area (Å²) in [5.74, 6) is 0. The Hall–Kier alpha value is -1.81. The van der Waals surface area contributed by atoms with Gasteiger partial charge in [-0.1, -0.05) is 6.07 Å². The van der Waals surface area contributed by atoms with Gasteiger partial charge >= 0.3 is 0 Å². The van der Waals surface area contributed by atoms with Crippen molar-refractivity contribution in [3.05, 3.63) is 55.8 Å². The molecule has 0 fully saturated rings. The SMILES string of the molecule is N#Cc1ccc(Cc2sc(C=O)c3c2C(S)=C(C=N)CC3)cc1S. The van der Waals surface area contributed by atoms with E-state index in [1.807, 2.05) is 12.1 Å². The standard InChI is InChI=1S/C18H14N2OS3/c19-7-11-2-1-10(5-14(11)22)6-15-17-13(16(9-21)24-15)4-3-12(8-20)18(17)23/h1-2,5,8-9,20,22-23H,3-4,6H2. The smallest absolute Gasteiger partial charge is 0.160 e.